The molecule has 3 aliphatic rings. The molecular weight excluding hydrogens is 368 g/mol. The lowest BCUT2D eigenvalue weighted by molar-refractivity contribution is -0.272. The molecular formula is C24H38O5. The molecule has 0 amide bonds. The zero-order valence-corrected chi connectivity index (χ0v) is 18.8. The Hall–Kier alpha value is -1.36. The highest BCUT2D eigenvalue weighted by Gasteiger charge is 2.65. The summed E-state index contributed by atoms with van der Waals surface area (Å²) in [6.07, 6.45) is 8.72. The van der Waals surface area contributed by atoms with Crippen LogP contribution in [0.1, 0.15) is 79.6 Å². The number of hydrogen-bond acceptors (Lipinski definition) is 5. The summed E-state index contributed by atoms with van der Waals surface area (Å²) in [6.45, 7) is 14.0. The fraction of sp³-hybridized carbons (Fsp3) is 0.833. The Labute approximate surface area is 175 Å². The molecule has 7 atom stereocenters. The van der Waals surface area contributed by atoms with Gasteiger partial charge in [0.2, 0.25) is 0 Å². The predicted octanol–water partition coefficient (Wildman–Crippen LogP) is 4.83. The van der Waals surface area contributed by atoms with Crippen LogP contribution in [0.4, 0.5) is 0 Å². The van der Waals surface area contributed by atoms with E-state index < -0.39 is 0 Å². The minimum Gasteiger partial charge on any atom is -0.465 e. The van der Waals surface area contributed by atoms with Crippen molar-refractivity contribution in [3.63, 3.8) is 0 Å². The molecule has 0 bridgehead atoms. The fourth-order valence-electron chi connectivity index (χ4n) is 7.26. The standard InChI is InChI=1S/C24H38O5/c1-7-9-18-10-11-20-23(5)13-8-12-22(4,15-27-16(2)25)21(23)19(28-17(3)26)14-24(20,6)29-18/h7,18-21H,1,8-15H2,2-6H3/t18-,19-,20+,21-,22-,23+,24+/m1/s1. The topological polar surface area (TPSA) is 61.8 Å². The molecule has 2 aliphatic carbocycles. The van der Waals surface area contributed by atoms with E-state index in [4.69, 9.17) is 14.2 Å². The largest absolute Gasteiger partial charge is 0.465 e. The van der Waals surface area contributed by atoms with Crippen molar-refractivity contribution < 1.29 is 23.8 Å². The maximum atomic E-state index is 12.0. The second-order valence-electron chi connectivity index (χ2n) is 10.3. The Bertz CT molecular complexity index is 660. The van der Waals surface area contributed by atoms with Crippen LogP contribution in [0, 0.1) is 22.7 Å². The molecule has 0 aromatic heterocycles. The van der Waals surface area contributed by atoms with Crippen molar-refractivity contribution in [1.82, 2.24) is 0 Å². The van der Waals surface area contributed by atoms with Crippen LogP contribution in [0.25, 0.3) is 0 Å². The first-order valence-electron chi connectivity index (χ1n) is 11.1. The summed E-state index contributed by atoms with van der Waals surface area (Å²) in [5, 5.41) is 0. The van der Waals surface area contributed by atoms with Gasteiger partial charge in [-0.1, -0.05) is 26.3 Å². The second-order valence-corrected chi connectivity index (χ2v) is 10.3. The van der Waals surface area contributed by atoms with Crippen LogP contribution < -0.4 is 0 Å². The van der Waals surface area contributed by atoms with E-state index in [1.165, 1.54) is 13.8 Å². The smallest absolute Gasteiger partial charge is 0.302 e. The van der Waals surface area contributed by atoms with Gasteiger partial charge in [-0.3, -0.25) is 9.59 Å². The van der Waals surface area contributed by atoms with Crippen LogP contribution in [0.5, 0.6) is 0 Å². The Balaban J connectivity index is 1.99. The SMILES string of the molecule is C=CC[C@@H]1CC[C@H]2[C@]3(C)CCC[C@](C)(COC(C)=O)[C@H]3[C@H](OC(C)=O)C[C@]2(C)O1. The number of esters is 2. The molecule has 0 aromatic rings. The van der Waals surface area contributed by atoms with Crippen molar-refractivity contribution in [2.45, 2.75) is 97.4 Å². The predicted molar refractivity (Wildman–Crippen MR) is 111 cm³/mol. The van der Waals surface area contributed by atoms with Crippen molar-refractivity contribution in [3.8, 4) is 0 Å². The molecule has 3 fully saturated rings. The minimum absolute atomic E-state index is 0.0284. The third-order valence-corrected chi connectivity index (χ3v) is 8.00. The highest BCUT2D eigenvalue weighted by Crippen LogP contribution is 2.65. The number of carbonyl (C=O) groups excluding carboxylic acids is 2. The quantitative estimate of drug-likeness (QED) is 0.483. The van der Waals surface area contributed by atoms with Crippen LogP contribution in [0.15, 0.2) is 12.7 Å². The van der Waals surface area contributed by atoms with Crippen LogP contribution in [-0.2, 0) is 23.8 Å². The normalized spacial score (nSPS) is 44.2. The molecule has 5 nitrogen and oxygen atoms in total. The van der Waals surface area contributed by atoms with Crippen LogP contribution in [0.3, 0.4) is 0 Å². The number of fused-ring (bicyclic) bond motifs is 3. The average molecular weight is 407 g/mol. The molecule has 0 unspecified atom stereocenters. The van der Waals surface area contributed by atoms with Gasteiger partial charge in [0.05, 0.1) is 18.3 Å². The summed E-state index contributed by atoms with van der Waals surface area (Å²) in [4.78, 5) is 23.6. The molecule has 3 rings (SSSR count). The molecule has 0 spiro atoms. The van der Waals surface area contributed by atoms with Gasteiger partial charge in [-0.05, 0) is 50.4 Å². The number of hydrogen-bond donors (Lipinski definition) is 0. The summed E-state index contributed by atoms with van der Waals surface area (Å²) in [5.41, 5.74) is -0.561. The van der Waals surface area contributed by atoms with Gasteiger partial charge in [0.15, 0.2) is 0 Å². The van der Waals surface area contributed by atoms with Gasteiger partial charge >= 0.3 is 11.9 Å². The number of carbonyl (C=O) groups is 2. The summed E-state index contributed by atoms with van der Waals surface area (Å²) >= 11 is 0. The van der Waals surface area contributed by atoms with Crippen LogP contribution >= 0.6 is 0 Å². The maximum absolute atomic E-state index is 12.0. The molecule has 1 aliphatic heterocycles. The van der Waals surface area contributed by atoms with E-state index >= 15 is 0 Å². The lowest BCUT2D eigenvalue weighted by atomic mass is 9.43. The average Bonchev–Trinajstić information content (AvgIpc) is 2.58. The molecule has 1 saturated heterocycles. The lowest BCUT2D eigenvalue weighted by Gasteiger charge is -2.66. The van der Waals surface area contributed by atoms with Crippen molar-refractivity contribution in [2.24, 2.45) is 22.7 Å². The van der Waals surface area contributed by atoms with E-state index in [1.807, 2.05) is 6.08 Å². The zero-order valence-electron chi connectivity index (χ0n) is 18.8. The van der Waals surface area contributed by atoms with Gasteiger partial charge in [-0.15, -0.1) is 6.58 Å². The molecule has 0 N–H and O–H groups in total. The maximum Gasteiger partial charge on any atom is 0.302 e. The van der Waals surface area contributed by atoms with Gasteiger partial charge in [0, 0.05) is 31.6 Å². The van der Waals surface area contributed by atoms with Crippen molar-refractivity contribution in [3.05, 3.63) is 12.7 Å². The molecule has 0 aromatic carbocycles. The second kappa shape index (κ2) is 8.05. The fourth-order valence-corrected chi connectivity index (χ4v) is 7.26. The van der Waals surface area contributed by atoms with E-state index in [2.05, 4.69) is 27.4 Å². The van der Waals surface area contributed by atoms with Crippen LogP contribution in [-0.4, -0.2) is 36.4 Å². The Kier molecular flexibility index (Phi) is 6.20. The molecule has 29 heavy (non-hydrogen) atoms. The van der Waals surface area contributed by atoms with Crippen LogP contribution in [0.2, 0.25) is 0 Å². The first-order chi connectivity index (χ1) is 13.5. The monoisotopic (exact) mass is 406 g/mol. The molecule has 0 radical (unpaired) electrons. The zero-order chi connectivity index (χ0) is 21.4. The van der Waals surface area contributed by atoms with Gasteiger partial charge < -0.3 is 14.2 Å². The van der Waals surface area contributed by atoms with E-state index in [1.54, 1.807) is 0 Å². The summed E-state index contributed by atoms with van der Waals surface area (Å²) in [7, 11) is 0. The minimum atomic E-state index is -0.322. The Morgan fingerprint density at radius 3 is 2.48 bits per heavy atom. The summed E-state index contributed by atoms with van der Waals surface area (Å²) < 4.78 is 18.1. The van der Waals surface area contributed by atoms with E-state index in [0.29, 0.717) is 18.9 Å². The third kappa shape index (κ3) is 4.12. The lowest BCUT2D eigenvalue weighted by Crippen LogP contribution is -2.67. The molecule has 2 saturated carbocycles. The number of ether oxygens (including phenoxy) is 3. The van der Waals surface area contributed by atoms with Crippen molar-refractivity contribution >= 4 is 11.9 Å². The van der Waals surface area contributed by atoms with E-state index in [9.17, 15) is 9.59 Å². The van der Waals surface area contributed by atoms with Crippen molar-refractivity contribution in [2.75, 3.05) is 6.61 Å². The third-order valence-electron chi connectivity index (χ3n) is 8.00. The Morgan fingerprint density at radius 1 is 1.14 bits per heavy atom. The highest BCUT2D eigenvalue weighted by molar-refractivity contribution is 5.66. The van der Waals surface area contributed by atoms with E-state index in [-0.39, 0.29) is 46.5 Å². The molecule has 1 heterocycles. The first kappa shape index (κ1) is 22.3. The van der Waals surface area contributed by atoms with Gasteiger partial charge in [0.1, 0.15) is 6.10 Å². The highest BCUT2D eigenvalue weighted by atomic mass is 16.6. The van der Waals surface area contributed by atoms with Gasteiger partial charge in [0.25, 0.3) is 0 Å². The summed E-state index contributed by atoms with van der Waals surface area (Å²) in [5.74, 6) is 0.0316. The first-order valence-corrected chi connectivity index (χ1v) is 11.1. The Morgan fingerprint density at radius 2 is 1.86 bits per heavy atom. The molecule has 5 heteroatoms. The van der Waals surface area contributed by atoms with E-state index in [0.717, 1.165) is 38.5 Å². The molecule has 164 valence electrons. The van der Waals surface area contributed by atoms with Gasteiger partial charge in [-0.2, -0.15) is 0 Å². The number of rotatable bonds is 5. The van der Waals surface area contributed by atoms with Crippen molar-refractivity contribution in [1.29, 1.82) is 0 Å². The van der Waals surface area contributed by atoms with Gasteiger partial charge in [-0.25, -0.2) is 0 Å². The summed E-state index contributed by atoms with van der Waals surface area (Å²) in [6, 6.07) is 0.